The van der Waals surface area contributed by atoms with E-state index in [-0.39, 0.29) is 5.56 Å². The first-order valence-corrected chi connectivity index (χ1v) is 9.33. The first-order chi connectivity index (χ1) is 11.9. The molecule has 7 heteroatoms. The van der Waals surface area contributed by atoms with Crippen LogP contribution in [0, 0.1) is 25.5 Å². The Bertz CT molecular complexity index is 805. The van der Waals surface area contributed by atoms with E-state index in [1.807, 2.05) is 33.1 Å². The normalized spacial score (nSPS) is 9.52. The number of hydrogen-bond donors (Lipinski definition) is 1. The van der Waals surface area contributed by atoms with E-state index >= 15 is 0 Å². The summed E-state index contributed by atoms with van der Waals surface area (Å²) in [6, 6.07) is 3.71. The van der Waals surface area contributed by atoms with Crippen molar-refractivity contribution in [1.29, 1.82) is 0 Å². The summed E-state index contributed by atoms with van der Waals surface area (Å²) >= 11 is 3.14. The van der Waals surface area contributed by atoms with Crippen LogP contribution in [0.5, 0.6) is 0 Å². The number of halogens is 2. The van der Waals surface area contributed by atoms with Crippen LogP contribution in [-0.2, 0) is 0 Å². The zero-order chi connectivity index (χ0) is 19.0. The van der Waals surface area contributed by atoms with Gasteiger partial charge in [0.25, 0.3) is 0 Å². The molecule has 2 heterocycles. The summed E-state index contributed by atoms with van der Waals surface area (Å²) in [4.78, 5) is 9.63. The van der Waals surface area contributed by atoms with Gasteiger partial charge in [0.2, 0.25) is 0 Å². The van der Waals surface area contributed by atoms with Gasteiger partial charge in [-0.25, -0.2) is 18.7 Å². The van der Waals surface area contributed by atoms with Crippen LogP contribution in [0.2, 0.25) is 0 Å². The van der Waals surface area contributed by atoms with Gasteiger partial charge in [-0.15, -0.1) is 11.3 Å². The summed E-state index contributed by atoms with van der Waals surface area (Å²) in [5.74, 6) is -1.15. The van der Waals surface area contributed by atoms with Crippen LogP contribution in [0.1, 0.15) is 30.1 Å². The van der Waals surface area contributed by atoms with E-state index < -0.39 is 11.6 Å². The number of hydrogen-bond acceptors (Lipinski definition) is 5. The zero-order valence-corrected chi connectivity index (χ0v) is 16.3. The largest absolute Gasteiger partial charge is 0.375 e. The van der Waals surface area contributed by atoms with E-state index in [2.05, 4.69) is 16.5 Å². The average molecular weight is 382 g/mol. The van der Waals surface area contributed by atoms with Crippen molar-refractivity contribution >= 4 is 33.9 Å². The van der Waals surface area contributed by atoms with E-state index in [0.717, 1.165) is 27.3 Å². The van der Waals surface area contributed by atoms with Crippen molar-refractivity contribution in [1.82, 2.24) is 9.97 Å². The summed E-state index contributed by atoms with van der Waals surface area (Å²) in [7, 11) is 0. The Morgan fingerprint density at radius 1 is 1.12 bits per heavy atom. The summed E-state index contributed by atoms with van der Waals surface area (Å²) in [6.45, 7) is 11.2. The van der Waals surface area contributed by atoms with Crippen LogP contribution in [0.25, 0.3) is 16.6 Å². The molecule has 0 saturated heterocycles. The smallest absolute Gasteiger partial charge is 0.180 e. The highest BCUT2D eigenvalue weighted by Gasteiger charge is 2.10. The molecule has 0 unspecified atom stereocenters. The van der Waals surface area contributed by atoms with E-state index in [1.165, 1.54) is 29.5 Å². The second kappa shape index (κ2) is 10.0. The fourth-order valence-corrected chi connectivity index (χ4v) is 3.30. The first kappa shape index (κ1) is 20.9. The topological polar surface area (TPSA) is 51.8 Å². The van der Waals surface area contributed by atoms with Crippen molar-refractivity contribution in [3.05, 3.63) is 58.1 Å². The summed E-state index contributed by atoms with van der Waals surface area (Å²) in [6.07, 6.45) is 1.16. The highest BCUT2D eigenvalue weighted by atomic mass is 32.1. The number of benzene rings is 1. The molecule has 0 radical (unpaired) electrons. The number of aryl methyl sites for hydroxylation is 2. The molecule has 3 rings (SSSR count). The lowest BCUT2D eigenvalue weighted by Gasteiger charge is -1.95. The van der Waals surface area contributed by atoms with Gasteiger partial charge in [0.1, 0.15) is 11.6 Å². The van der Waals surface area contributed by atoms with Gasteiger partial charge in [-0.2, -0.15) is 0 Å². The quantitative estimate of drug-likeness (QED) is 0.583. The Labute approximate surface area is 154 Å². The number of nitrogens with two attached hydrogens (primary N) is 1. The van der Waals surface area contributed by atoms with Crippen LogP contribution < -0.4 is 5.73 Å². The number of rotatable bonds is 2. The van der Waals surface area contributed by atoms with Gasteiger partial charge < -0.3 is 5.73 Å². The molecule has 0 aliphatic rings. The van der Waals surface area contributed by atoms with Crippen LogP contribution in [0.15, 0.2) is 30.2 Å². The van der Waals surface area contributed by atoms with Gasteiger partial charge in [0, 0.05) is 10.9 Å². The molecule has 2 aromatic heterocycles. The van der Waals surface area contributed by atoms with Gasteiger partial charge in [0.15, 0.2) is 5.13 Å². The maximum absolute atomic E-state index is 12.5. The molecule has 0 aliphatic carbocycles. The van der Waals surface area contributed by atoms with E-state index in [4.69, 9.17) is 5.73 Å². The molecule has 0 amide bonds. The molecular weight excluding hydrogens is 360 g/mol. The second-order valence-corrected chi connectivity index (χ2v) is 6.65. The molecule has 3 nitrogen and oxygen atoms in total. The van der Waals surface area contributed by atoms with Gasteiger partial charge in [-0.3, -0.25) is 0 Å². The second-order valence-electron chi connectivity index (χ2n) is 4.56. The first-order valence-electron chi connectivity index (χ1n) is 7.64. The highest BCUT2D eigenvalue weighted by molar-refractivity contribution is 7.19. The minimum atomic E-state index is -0.574. The maximum atomic E-state index is 12.5. The summed E-state index contributed by atoms with van der Waals surface area (Å²) in [5, 5.41) is 3.72. The van der Waals surface area contributed by atoms with Crippen molar-refractivity contribution in [2.75, 3.05) is 5.73 Å². The van der Waals surface area contributed by atoms with Crippen molar-refractivity contribution in [3.63, 3.8) is 0 Å². The number of anilines is 1. The Morgan fingerprint density at radius 3 is 2.08 bits per heavy atom. The molecule has 0 aliphatic heterocycles. The third kappa shape index (κ3) is 5.72. The highest BCUT2D eigenvalue weighted by Crippen LogP contribution is 2.31. The lowest BCUT2D eigenvalue weighted by atomic mass is 10.2. The summed E-state index contributed by atoms with van der Waals surface area (Å²) in [5.41, 5.74) is 7.50. The number of nitrogens with zero attached hydrogens (tertiary/aromatic N) is 2. The minimum absolute atomic E-state index is 0.0671. The van der Waals surface area contributed by atoms with E-state index in [1.54, 1.807) is 11.3 Å². The molecule has 0 atom stereocenters. The fourth-order valence-electron chi connectivity index (χ4n) is 1.83. The molecule has 3 aromatic rings. The van der Waals surface area contributed by atoms with Gasteiger partial charge >= 0.3 is 0 Å². The predicted octanol–water partition coefficient (Wildman–Crippen LogP) is 6.10. The van der Waals surface area contributed by atoms with Crippen LogP contribution >= 0.6 is 22.7 Å². The fraction of sp³-hybridized carbons (Fsp3) is 0.222. The average Bonchev–Trinajstić information content (AvgIpc) is 3.15. The van der Waals surface area contributed by atoms with Crippen LogP contribution in [0.4, 0.5) is 13.9 Å². The van der Waals surface area contributed by atoms with Crippen molar-refractivity contribution in [3.8, 4) is 10.6 Å². The SMILES string of the molecule is C=Cc1c(F)cccc1F.CC.Cc1nc(-c2sc(N)nc2C)cs1. The molecule has 25 heavy (non-hydrogen) atoms. The Balaban J connectivity index is 0.000000235. The summed E-state index contributed by atoms with van der Waals surface area (Å²) < 4.78 is 25.1. The molecule has 2 N–H and O–H groups in total. The number of nitrogen functional groups attached to an aromatic ring is 1. The molecule has 0 spiro atoms. The predicted molar refractivity (Wildman–Crippen MR) is 105 cm³/mol. The lowest BCUT2D eigenvalue weighted by Crippen LogP contribution is -1.85. The monoisotopic (exact) mass is 381 g/mol. The molecule has 134 valence electrons. The lowest BCUT2D eigenvalue weighted by molar-refractivity contribution is 0.579. The molecule has 1 aromatic carbocycles. The van der Waals surface area contributed by atoms with Crippen molar-refractivity contribution in [2.45, 2.75) is 27.7 Å². The molecule has 0 fully saturated rings. The molecule has 0 bridgehead atoms. The van der Waals surface area contributed by atoms with Crippen molar-refractivity contribution < 1.29 is 8.78 Å². The third-order valence-corrected chi connectivity index (χ3v) is 4.65. The number of aromatic nitrogens is 2. The Hall–Kier alpha value is -2.12. The van der Waals surface area contributed by atoms with Crippen LogP contribution in [0.3, 0.4) is 0 Å². The number of thiazole rings is 2. The minimum Gasteiger partial charge on any atom is -0.375 e. The Kier molecular flexibility index (Phi) is 8.37. The molecular formula is C18H21F2N3S2. The maximum Gasteiger partial charge on any atom is 0.180 e. The third-order valence-electron chi connectivity index (χ3n) is 2.87. The zero-order valence-electron chi connectivity index (χ0n) is 14.6. The Morgan fingerprint density at radius 2 is 1.72 bits per heavy atom. The van der Waals surface area contributed by atoms with Gasteiger partial charge in [-0.05, 0) is 26.0 Å². The van der Waals surface area contributed by atoms with Gasteiger partial charge in [0.05, 0.1) is 21.3 Å². The van der Waals surface area contributed by atoms with E-state index in [0.29, 0.717) is 5.13 Å². The molecule has 0 saturated carbocycles. The van der Waals surface area contributed by atoms with E-state index in [9.17, 15) is 8.78 Å². The standard InChI is InChI=1S/C8H6F2.C8H9N3S2.C2H6/c1-2-6-7(9)4-3-5-8(6)10;1-4-7(13-8(9)10-4)6-3-12-5(2)11-6;1-2/h2-5H,1H2;3H,1-2H3,(H2,9,10);1-2H3. The van der Waals surface area contributed by atoms with Crippen molar-refractivity contribution in [2.24, 2.45) is 0 Å². The van der Waals surface area contributed by atoms with Gasteiger partial charge in [-0.1, -0.05) is 43.9 Å². The van der Waals surface area contributed by atoms with Crippen LogP contribution in [-0.4, -0.2) is 9.97 Å².